The number of aromatic nitrogens is 3. The van der Waals surface area contributed by atoms with Crippen LogP contribution in [0.3, 0.4) is 0 Å². The number of carbonyl (C=O) groups excluding carboxylic acids is 1. The van der Waals surface area contributed by atoms with E-state index in [0.29, 0.717) is 50.8 Å². The van der Waals surface area contributed by atoms with Crippen LogP contribution < -0.4 is 27.2 Å². The number of esters is 1. The molecule has 5 atom stereocenters. The molecule has 4 N–H and O–H groups in total. The van der Waals surface area contributed by atoms with Gasteiger partial charge in [-0.05, 0) is 57.5 Å². The fourth-order valence-electron chi connectivity index (χ4n) is 7.47. The van der Waals surface area contributed by atoms with Crippen LogP contribution in [0.2, 0.25) is 0 Å². The molecule has 0 radical (unpaired) electrons. The maximum atomic E-state index is 13.6. The monoisotopic (exact) mass is 897 g/mol. The zero-order valence-corrected chi connectivity index (χ0v) is 37.1. The molecule has 1 aromatic heterocycles. The summed E-state index contributed by atoms with van der Waals surface area (Å²) in [5.74, 6) is 0.297. The summed E-state index contributed by atoms with van der Waals surface area (Å²) in [5.41, 5.74) is 5.29. The third-order valence-electron chi connectivity index (χ3n) is 10.9. The van der Waals surface area contributed by atoms with Gasteiger partial charge in [0.05, 0.1) is 77.2 Å². The van der Waals surface area contributed by atoms with Gasteiger partial charge in [-0.25, -0.2) is 14.1 Å². The molecule has 2 aromatic carbocycles. The van der Waals surface area contributed by atoms with Crippen LogP contribution >= 0.6 is 0 Å². The Kier molecular flexibility index (Phi) is 19.3. The second-order valence-corrected chi connectivity index (χ2v) is 14.7. The van der Waals surface area contributed by atoms with E-state index in [1.807, 2.05) is 18.2 Å². The van der Waals surface area contributed by atoms with Crippen LogP contribution in [0.5, 0.6) is 0 Å². The van der Waals surface area contributed by atoms with Crippen LogP contribution in [0.15, 0.2) is 71.3 Å². The molecule has 2 aliphatic heterocycles. The van der Waals surface area contributed by atoms with Crippen LogP contribution in [0.4, 0.5) is 5.69 Å². The van der Waals surface area contributed by atoms with Gasteiger partial charge in [0.15, 0.2) is 6.29 Å². The summed E-state index contributed by atoms with van der Waals surface area (Å²) < 4.78 is 44.0. The Hall–Kier alpha value is -4.53. The first-order chi connectivity index (χ1) is 30.2. The first-order valence-corrected chi connectivity index (χ1v) is 21.3. The Morgan fingerprint density at radius 3 is 2.22 bits per heavy atom. The fourth-order valence-corrected chi connectivity index (χ4v) is 7.47. The van der Waals surface area contributed by atoms with Gasteiger partial charge >= 0.3 is 5.97 Å². The summed E-state index contributed by atoms with van der Waals surface area (Å²) in [4.78, 5) is 15.9. The third-order valence-corrected chi connectivity index (χ3v) is 10.9. The number of hydrogen-bond donors (Lipinski definition) is 4. The van der Waals surface area contributed by atoms with Gasteiger partial charge in [-0.2, -0.15) is 0 Å². The van der Waals surface area contributed by atoms with Crippen LogP contribution in [-0.2, 0) is 41.6 Å². The van der Waals surface area contributed by atoms with E-state index in [1.165, 1.54) is 0 Å². The molecule has 1 saturated heterocycles. The van der Waals surface area contributed by atoms with Gasteiger partial charge < -0.3 is 70.6 Å². The van der Waals surface area contributed by atoms with E-state index in [9.17, 15) is 25.2 Å². The molecule has 6 rings (SSSR count). The SMILES string of the molecule is CCN(CC)c1ccc2c(-c3ccccc3C(=O)OCCOCCOCCOCCn3cc(CO[C@H]4O[C@H](CO)[C@H](O)[C@H](O)[C@H]4O)nn3)c3ccc(=[N+](CC)CC)cc-3oc2c1.[Cl-]. The Morgan fingerprint density at radius 1 is 0.825 bits per heavy atom. The van der Waals surface area contributed by atoms with E-state index in [-0.39, 0.29) is 32.2 Å². The topological polar surface area (TPSA) is 203 Å². The highest BCUT2D eigenvalue weighted by Gasteiger charge is 2.44. The Balaban J connectivity index is 0.00000748. The number of aliphatic hydroxyl groups excluding tert-OH is 4. The van der Waals surface area contributed by atoms with Gasteiger partial charge in [-0.1, -0.05) is 23.4 Å². The van der Waals surface area contributed by atoms with Crippen molar-refractivity contribution < 1.29 is 70.5 Å². The van der Waals surface area contributed by atoms with Crippen LogP contribution in [-0.4, -0.2) is 151 Å². The van der Waals surface area contributed by atoms with E-state index < -0.39 is 43.3 Å². The van der Waals surface area contributed by atoms with Gasteiger partial charge in [0, 0.05) is 47.4 Å². The average molecular weight is 898 g/mol. The summed E-state index contributed by atoms with van der Waals surface area (Å²) in [6.07, 6.45) is -5.15. The van der Waals surface area contributed by atoms with E-state index in [0.717, 1.165) is 70.6 Å². The summed E-state index contributed by atoms with van der Waals surface area (Å²) in [7, 11) is 0. The molecule has 17 nitrogen and oxygen atoms in total. The molecular formula is C45H60ClN5O12. The molecular weight excluding hydrogens is 838 g/mol. The van der Waals surface area contributed by atoms with E-state index in [4.69, 9.17) is 32.8 Å². The Bertz CT molecular complexity index is 2220. The number of carbonyl (C=O) groups is 1. The number of fused-ring (bicyclic) bond motifs is 2. The highest BCUT2D eigenvalue weighted by molar-refractivity contribution is 6.08. The minimum Gasteiger partial charge on any atom is -1.00 e. The highest BCUT2D eigenvalue weighted by atomic mass is 35.5. The predicted octanol–water partition coefficient (Wildman–Crippen LogP) is -0.318. The minimum absolute atomic E-state index is 0. The number of rotatable bonds is 23. The van der Waals surface area contributed by atoms with Crippen molar-refractivity contribution in [3.63, 3.8) is 0 Å². The highest BCUT2D eigenvalue weighted by Crippen LogP contribution is 2.42. The maximum absolute atomic E-state index is 13.6. The molecule has 1 aliphatic carbocycles. The smallest absolute Gasteiger partial charge is 0.338 e. The van der Waals surface area contributed by atoms with Crippen molar-refractivity contribution in [2.24, 2.45) is 0 Å². The van der Waals surface area contributed by atoms with Crippen molar-refractivity contribution in [1.29, 1.82) is 0 Å². The number of halogens is 1. The average Bonchev–Trinajstić information content (AvgIpc) is 3.75. The van der Waals surface area contributed by atoms with E-state index in [2.05, 4.69) is 83.9 Å². The van der Waals surface area contributed by atoms with Gasteiger partial charge in [0.1, 0.15) is 61.1 Å². The van der Waals surface area contributed by atoms with Gasteiger partial charge in [-0.15, -0.1) is 5.10 Å². The molecule has 344 valence electrons. The quantitative estimate of drug-likeness (QED) is 0.0288. The fraction of sp³-hybridized carbons (Fsp3) is 0.511. The maximum Gasteiger partial charge on any atom is 0.338 e. The standard InChI is InChI=1S/C45H60N5O12.ClH/c1-5-48(6-2)31-13-15-35-37(25-31)61-38-26-32(49(7-3)8-4)14-16-36(38)40(35)33-11-9-10-12-34(33)44(55)59-24-23-58-22-21-57-20-19-56-18-17-50-27-30(46-47-50)29-60-45-43(54)42(53)41(52)39(28-51)62-45;/h9-16,25-27,39,41-43,45,51-54H,5-8,17-24,28-29H2,1-4H3;1H/q+1;/p-1/t39-,41+,42+,43-,45+;/m1./s1. The molecule has 1 fully saturated rings. The molecule has 3 aliphatic rings. The summed E-state index contributed by atoms with van der Waals surface area (Å²) in [6.45, 7) is 13.8. The number of benzene rings is 3. The largest absolute Gasteiger partial charge is 1.00 e. The summed E-state index contributed by atoms with van der Waals surface area (Å²) >= 11 is 0. The molecule has 0 spiro atoms. The lowest BCUT2D eigenvalue weighted by atomic mass is 9.90. The molecule has 63 heavy (non-hydrogen) atoms. The Labute approximate surface area is 373 Å². The second-order valence-electron chi connectivity index (χ2n) is 14.7. The van der Waals surface area contributed by atoms with Crippen LogP contribution in [0.25, 0.3) is 33.4 Å². The first-order valence-electron chi connectivity index (χ1n) is 21.3. The van der Waals surface area contributed by atoms with Gasteiger partial charge in [0.2, 0.25) is 5.36 Å². The molecule has 0 unspecified atom stereocenters. The number of aliphatic hydroxyl groups is 4. The number of ether oxygens (including phenoxy) is 6. The lowest BCUT2D eigenvalue weighted by Gasteiger charge is -2.39. The number of hydrogen-bond acceptors (Lipinski definition) is 15. The third kappa shape index (κ3) is 12.4. The van der Waals surface area contributed by atoms with Crippen molar-refractivity contribution in [2.45, 2.75) is 71.6 Å². The number of nitrogens with zero attached hydrogens (tertiary/aromatic N) is 5. The van der Waals surface area contributed by atoms with Gasteiger partial charge in [-0.3, -0.25) is 0 Å². The molecule has 18 heteroatoms. The first kappa shape index (κ1) is 49.5. The zero-order valence-electron chi connectivity index (χ0n) is 36.3. The lowest BCUT2D eigenvalue weighted by molar-refractivity contribution is -0.304. The molecule has 3 heterocycles. The van der Waals surface area contributed by atoms with Crippen molar-refractivity contribution >= 4 is 22.6 Å². The van der Waals surface area contributed by atoms with Crippen molar-refractivity contribution in [2.75, 3.05) is 83.9 Å². The van der Waals surface area contributed by atoms with Crippen molar-refractivity contribution in [1.82, 2.24) is 19.6 Å². The Morgan fingerprint density at radius 2 is 1.52 bits per heavy atom. The minimum atomic E-state index is -1.52. The molecule has 0 saturated carbocycles. The lowest BCUT2D eigenvalue weighted by Crippen LogP contribution is -3.00. The van der Waals surface area contributed by atoms with Crippen molar-refractivity contribution in [3.8, 4) is 22.5 Å². The predicted molar refractivity (Wildman–Crippen MR) is 230 cm³/mol. The number of anilines is 1. The molecule has 0 amide bonds. The molecule has 3 aromatic rings. The normalized spacial score (nSPS) is 18.7. The van der Waals surface area contributed by atoms with Gasteiger partial charge in [0.25, 0.3) is 0 Å². The summed E-state index contributed by atoms with van der Waals surface area (Å²) in [5, 5.41) is 49.3. The van der Waals surface area contributed by atoms with E-state index >= 15 is 0 Å². The molecule has 0 bridgehead atoms. The van der Waals surface area contributed by atoms with Crippen LogP contribution in [0.1, 0.15) is 43.7 Å². The zero-order chi connectivity index (χ0) is 44.0. The van der Waals surface area contributed by atoms with Crippen LogP contribution in [0, 0.1) is 0 Å². The van der Waals surface area contributed by atoms with Crippen molar-refractivity contribution in [3.05, 3.63) is 83.5 Å². The summed E-state index contributed by atoms with van der Waals surface area (Å²) in [6, 6.07) is 20.1. The van der Waals surface area contributed by atoms with E-state index in [1.54, 1.807) is 16.9 Å². The second kappa shape index (κ2) is 24.5.